The number of hydrogen-bond donors (Lipinski definition) is 0. The van der Waals surface area contributed by atoms with Crippen LogP contribution in [0.25, 0.3) is 10.6 Å². The van der Waals surface area contributed by atoms with E-state index in [-0.39, 0.29) is 11.5 Å². The number of Topliss-reactive ketones (excluding diaryl/α,β-unsaturated/α-hetero) is 1. The summed E-state index contributed by atoms with van der Waals surface area (Å²) in [5, 5.41) is 6.42. The van der Waals surface area contributed by atoms with Crippen molar-refractivity contribution >= 4 is 34.4 Å². The van der Waals surface area contributed by atoms with Crippen molar-refractivity contribution in [1.29, 1.82) is 0 Å². The predicted octanol–water partition coefficient (Wildman–Crippen LogP) is 4.29. The monoisotopic (exact) mass is 329 g/mol. The molecule has 0 bridgehead atoms. The van der Waals surface area contributed by atoms with E-state index in [1.807, 2.05) is 16.8 Å². The summed E-state index contributed by atoms with van der Waals surface area (Å²) in [5.41, 5.74) is 1.86. The zero-order chi connectivity index (χ0) is 15.5. The topological polar surface area (TPSA) is 56.3 Å². The molecule has 110 valence electrons. The number of ketones is 1. The maximum Gasteiger partial charge on any atom is 0.363 e. The van der Waals surface area contributed by atoms with Gasteiger partial charge < -0.3 is 4.74 Å². The highest BCUT2D eigenvalue weighted by molar-refractivity contribution is 7.14. The van der Waals surface area contributed by atoms with Gasteiger partial charge in [0.05, 0.1) is 0 Å². The first-order chi connectivity index (χ1) is 10.6. The Hall–Kier alpha value is -2.31. The molecule has 6 heteroatoms. The fourth-order valence-corrected chi connectivity index (χ4v) is 3.30. The average molecular weight is 329 g/mol. The van der Waals surface area contributed by atoms with E-state index in [9.17, 15) is 9.59 Å². The summed E-state index contributed by atoms with van der Waals surface area (Å²) in [6.45, 7) is 1.49. The van der Waals surface area contributed by atoms with Gasteiger partial charge in [0, 0.05) is 21.9 Å². The van der Waals surface area contributed by atoms with Crippen LogP contribution in [0.15, 0.2) is 46.5 Å². The number of thiazole rings is 1. The molecule has 0 fully saturated rings. The molecule has 0 radical (unpaired) electrons. The normalized spacial score (nSPS) is 10.4. The standard InChI is InChI=1S/C16H11NO3S2/c1-10(18)11-2-4-13(5-3-11)20-16(19)14-9-22-15(17-14)12-6-7-21-8-12/h2-9H,1H3. The van der Waals surface area contributed by atoms with Gasteiger partial charge in [-0.3, -0.25) is 4.79 Å². The summed E-state index contributed by atoms with van der Waals surface area (Å²) in [6, 6.07) is 8.41. The first-order valence-electron chi connectivity index (χ1n) is 6.45. The summed E-state index contributed by atoms with van der Waals surface area (Å²) in [7, 11) is 0. The largest absolute Gasteiger partial charge is 0.422 e. The van der Waals surface area contributed by atoms with Crippen molar-refractivity contribution in [3.63, 3.8) is 0 Å². The molecular formula is C16H11NO3S2. The van der Waals surface area contributed by atoms with Crippen LogP contribution >= 0.6 is 22.7 Å². The minimum Gasteiger partial charge on any atom is -0.422 e. The summed E-state index contributed by atoms with van der Waals surface area (Å²) < 4.78 is 5.26. The van der Waals surface area contributed by atoms with E-state index in [4.69, 9.17) is 4.74 Å². The lowest BCUT2D eigenvalue weighted by Gasteiger charge is -2.02. The van der Waals surface area contributed by atoms with E-state index in [0.29, 0.717) is 11.3 Å². The highest BCUT2D eigenvalue weighted by atomic mass is 32.1. The van der Waals surface area contributed by atoms with Crippen LogP contribution in [0.3, 0.4) is 0 Å². The van der Waals surface area contributed by atoms with Crippen LogP contribution in [0.4, 0.5) is 0 Å². The number of nitrogens with zero attached hydrogens (tertiary/aromatic N) is 1. The molecule has 2 heterocycles. The Morgan fingerprint density at radius 2 is 1.86 bits per heavy atom. The van der Waals surface area contributed by atoms with Crippen LogP contribution in [0.5, 0.6) is 5.75 Å². The van der Waals surface area contributed by atoms with E-state index >= 15 is 0 Å². The summed E-state index contributed by atoms with van der Waals surface area (Å²) in [4.78, 5) is 27.6. The van der Waals surface area contributed by atoms with Gasteiger partial charge in [0.1, 0.15) is 10.8 Å². The molecule has 0 amide bonds. The third-order valence-electron chi connectivity index (χ3n) is 2.95. The van der Waals surface area contributed by atoms with Crippen LogP contribution in [0.2, 0.25) is 0 Å². The van der Waals surface area contributed by atoms with Crippen molar-refractivity contribution in [1.82, 2.24) is 4.98 Å². The van der Waals surface area contributed by atoms with E-state index in [1.165, 1.54) is 18.3 Å². The number of rotatable bonds is 4. The maximum atomic E-state index is 12.1. The Kier molecular flexibility index (Phi) is 4.13. The number of aromatic nitrogens is 1. The van der Waals surface area contributed by atoms with Crippen LogP contribution in [-0.2, 0) is 0 Å². The molecule has 0 unspecified atom stereocenters. The number of ether oxygens (including phenoxy) is 1. The number of benzene rings is 1. The lowest BCUT2D eigenvalue weighted by atomic mass is 10.1. The molecule has 2 aromatic heterocycles. The van der Waals surface area contributed by atoms with Gasteiger partial charge >= 0.3 is 5.97 Å². The van der Waals surface area contributed by atoms with Gasteiger partial charge in [-0.1, -0.05) is 0 Å². The summed E-state index contributed by atoms with van der Waals surface area (Å²) in [5.74, 6) is -0.147. The molecule has 3 aromatic rings. The van der Waals surface area contributed by atoms with Crippen LogP contribution < -0.4 is 4.74 Å². The second-order valence-electron chi connectivity index (χ2n) is 4.52. The third-order valence-corrected chi connectivity index (χ3v) is 4.53. The van der Waals surface area contributed by atoms with Gasteiger partial charge in [0.2, 0.25) is 0 Å². The smallest absolute Gasteiger partial charge is 0.363 e. The van der Waals surface area contributed by atoms with Gasteiger partial charge in [-0.2, -0.15) is 11.3 Å². The van der Waals surface area contributed by atoms with Crippen LogP contribution in [-0.4, -0.2) is 16.7 Å². The molecule has 0 spiro atoms. The number of esters is 1. The number of carbonyl (C=O) groups excluding carboxylic acids is 2. The SMILES string of the molecule is CC(=O)c1ccc(OC(=O)c2csc(-c3ccsc3)n2)cc1. The third kappa shape index (κ3) is 3.13. The van der Waals surface area contributed by atoms with E-state index in [2.05, 4.69) is 4.98 Å². The van der Waals surface area contributed by atoms with E-state index in [1.54, 1.807) is 41.0 Å². The van der Waals surface area contributed by atoms with Gasteiger partial charge in [-0.05, 0) is 42.6 Å². The Balaban J connectivity index is 1.73. The Labute approximate surface area is 135 Å². The quantitative estimate of drug-likeness (QED) is 0.407. The van der Waals surface area contributed by atoms with Crippen molar-refractivity contribution in [2.45, 2.75) is 6.92 Å². The van der Waals surface area contributed by atoms with Gasteiger partial charge in [0.15, 0.2) is 11.5 Å². The molecule has 0 atom stereocenters. The number of hydrogen-bond acceptors (Lipinski definition) is 6. The zero-order valence-corrected chi connectivity index (χ0v) is 13.2. The molecule has 0 aliphatic heterocycles. The molecule has 0 saturated heterocycles. The van der Waals surface area contributed by atoms with Crippen molar-refractivity contribution < 1.29 is 14.3 Å². The van der Waals surface area contributed by atoms with Crippen molar-refractivity contribution in [2.24, 2.45) is 0 Å². The fourth-order valence-electron chi connectivity index (χ4n) is 1.80. The molecule has 0 aliphatic carbocycles. The minimum atomic E-state index is -0.506. The Morgan fingerprint density at radius 3 is 2.50 bits per heavy atom. The van der Waals surface area contributed by atoms with Crippen LogP contribution in [0.1, 0.15) is 27.8 Å². The molecular weight excluding hydrogens is 318 g/mol. The van der Waals surface area contributed by atoms with Crippen molar-refractivity contribution in [3.05, 3.63) is 57.7 Å². The zero-order valence-electron chi connectivity index (χ0n) is 11.6. The first kappa shape index (κ1) is 14.6. The molecule has 0 aliphatic rings. The number of thiophene rings is 1. The second kappa shape index (κ2) is 6.21. The lowest BCUT2D eigenvalue weighted by Crippen LogP contribution is -2.09. The molecule has 1 aromatic carbocycles. The minimum absolute atomic E-state index is 0.0298. The highest BCUT2D eigenvalue weighted by Gasteiger charge is 2.14. The average Bonchev–Trinajstić information content (AvgIpc) is 3.19. The van der Waals surface area contributed by atoms with E-state index < -0.39 is 5.97 Å². The molecule has 0 N–H and O–H groups in total. The molecule has 4 nitrogen and oxygen atoms in total. The van der Waals surface area contributed by atoms with E-state index in [0.717, 1.165) is 10.6 Å². The van der Waals surface area contributed by atoms with Crippen LogP contribution in [0, 0.1) is 0 Å². The lowest BCUT2D eigenvalue weighted by molar-refractivity contribution is 0.0729. The summed E-state index contributed by atoms with van der Waals surface area (Å²) in [6.07, 6.45) is 0. The highest BCUT2D eigenvalue weighted by Crippen LogP contribution is 2.26. The van der Waals surface area contributed by atoms with Gasteiger partial charge in [0.25, 0.3) is 0 Å². The Morgan fingerprint density at radius 1 is 1.09 bits per heavy atom. The molecule has 0 saturated carbocycles. The Bertz CT molecular complexity index is 804. The first-order valence-corrected chi connectivity index (χ1v) is 8.27. The van der Waals surface area contributed by atoms with Gasteiger partial charge in [-0.25, -0.2) is 9.78 Å². The summed E-state index contributed by atoms with van der Waals surface area (Å²) >= 11 is 2.98. The molecule has 22 heavy (non-hydrogen) atoms. The fraction of sp³-hybridized carbons (Fsp3) is 0.0625. The second-order valence-corrected chi connectivity index (χ2v) is 6.16. The number of carbonyl (C=O) groups is 2. The maximum absolute atomic E-state index is 12.1. The van der Waals surface area contributed by atoms with Crippen molar-refractivity contribution in [2.75, 3.05) is 0 Å². The predicted molar refractivity (Wildman–Crippen MR) is 86.8 cm³/mol. The molecule has 3 rings (SSSR count). The van der Waals surface area contributed by atoms with Gasteiger partial charge in [-0.15, -0.1) is 11.3 Å². The van der Waals surface area contributed by atoms with Crippen molar-refractivity contribution in [3.8, 4) is 16.3 Å².